The second-order valence-electron chi connectivity index (χ2n) is 2.99. The number of nitrogens with two attached hydrogens (primary N) is 2. The van der Waals surface area contributed by atoms with Gasteiger partial charge in [0.2, 0.25) is 0 Å². The number of hydrogen-bond acceptors (Lipinski definition) is 2. The average Bonchev–Trinajstić information content (AvgIpc) is 2.04. The molecule has 64 valence electrons. The summed E-state index contributed by atoms with van der Waals surface area (Å²) in [6.07, 6.45) is 0. The summed E-state index contributed by atoms with van der Waals surface area (Å²) in [6, 6.07) is 7.46. The lowest BCUT2D eigenvalue weighted by atomic mass is 10.0. The molecule has 2 nitrogen and oxygen atoms in total. The summed E-state index contributed by atoms with van der Waals surface area (Å²) in [6.45, 7) is 5.72. The Kier molecular flexibility index (Phi) is 2.51. The van der Waals surface area contributed by atoms with Crippen molar-refractivity contribution in [2.24, 2.45) is 5.73 Å². The number of hydrogen-bond donors (Lipinski definition) is 2. The van der Waals surface area contributed by atoms with E-state index < -0.39 is 0 Å². The van der Waals surface area contributed by atoms with Crippen LogP contribution in [0.15, 0.2) is 36.4 Å². The van der Waals surface area contributed by atoms with Crippen LogP contribution in [0, 0.1) is 0 Å². The van der Waals surface area contributed by atoms with E-state index in [4.69, 9.17) is 11.5 Å². The molecule has 0 spiro atoms. The Hall–Kier alpha value is -1.28. The first-order valence-electron chi connectivity index (χ1n) is 3.87. The maximum absolute atomic E-state index is 5.85. The maximum Gasteiger partial charge on any atom is 0.0505 e. The van der Waals surface area contributed by atoms with E-state index in [-0.39, 0.29) is 6.04 Å². The van der Waals surface area contributed by atoms with Gasteiger partial charge in [-0.1, -0.05) is 24.3 Å². The van der Waals surface area contributed by atoms with Crippen LogP contribution < -0.4 is 11.5 Å². The maximum atomic E-state index is 5.85. The van der Waals surface area contributed by atoms with Crippen LogP contribution in [0.3, 0.4) is 0 Å². The van der Waals surface area contributed by atoms with Gasteiger partial charge >= 0.3 is 0 Å². The van der Waals surface area contributed by atoms with Gasteiger partial charge < -0.3 is 11.5 Å². The Morgan fingerprint density at radius 3 is 2.25 bits per heavy atom. The fraction of sp³-hybridized carbons (Fsp3) is 0.200. The van der Waals surface area contributed by atoms with Crippen LogP contribution in [-0.4, -0.2) is 0 Å². The standard InChI is InChI=1S/C10H14N2/c1-7(2)10(12)8-3-5-9(11)6-4-8/h3-6,10H,1,11-12H2,2H3. The van der Waals surface area contributed by atoms with Crippen molar-refractivity contribution in [1.29, 1.82) is 0 Å². The van der Waals surface area contributed by atoms with Crippen molar-refractivity contribution in [2.75, 3.05) is 5.73 Å². The quantitative estimate of drug-likeness (QED) is 0.515. The van der Waals surface area contributed by atoms with Gasteiger partial charge in [0.05, 0.1) is 6.04 Å². The molecule has 0 saturated carbocycles. The second kappa shape index (κ2) is 3.41. The van der Waals surface area contributed by atoms with E-state index in [1.54, 1.807) is 0 Å². The molecule has 1 rings (SSSR count). The van der Waals surface area contributed by atoms with Crippen LogP contribution in [0.1, 0.15) is 18.5 Å². The molecule has 1 aromatic rings. The Bertz CT molecular complexity index is 274. The molecule has 4 N–H and O–H groups in total. The van der Waals surface area contributed by atoms with E-state index in [1.807, 2.05) is 31.2 Å². The van der Waals surface area contributed by atoms with Crippen LogP contribution in [0.5, 0.6) is 0 Å². The van der Waals surface area contributed by atoms with Crippen molar-refractivity contribution in [2.45, 2.75) is 13.0 Å². The number of anilines is 1. The number of benzene rings is 1. The summed E-state index contributed by atoms with van der Waals surface area (Å²) in [5.41, 5.74) is 14.2. The fourth-order valence-corrected chi connectivity index (χ4v) is 0.988. The largest absolute Gasteiger partial charge is 0.399 e. The predicted molar refractivity (Wildman–Crippen MR) is 52.6 cm³/mol. The van der Waals surface area contributed by atoms with Gasteiger partial charge in [-0.2, -0.15) is 0 Å². The Morgan fingerprint density at radius 1 is 1.33 bits per heavy atom. The van der Waals surface area contributed by atoms with Gasteiger partial charge in [-0.3, -0.25) is 0 Å². The monoisotopic (exact) mass is 162 g/mol. The molecule has 0 aliphatic rings. The van der Waals surface area contributed by atoms with E-state index >= 15 is 0 Å². The average molecular weight is 162 g/mol. The molecular formula is C10H14N2. The lowest BCUT2D eigenvalue weighted by molar-refractivity contribution is 0.851. The summed E-state index contributed by atoms with van der Waals surface area (Å²) >= 11 is 0. The van der Waals surface area contributed by atoms with Gasteiger partial charge in [-0.15, -0.1) is 0 Å². The van der Waals surface area contributed by atoms with Crippen LogP contribution in [0.25, 0.3) is 0 Å². The van der Waals surface area contributed by atoms with Crippen molar-refractivity contribution < 1.29 is 0 Å². The topological polar surface area (TPSA) is 52.0 Å². The highest BCUT2D eigenvalue weighted by molar-refractivity contribution is 5.41. The summed E-state index contributed by atoms with van der Waals surface area (Å²) in [5.74, 6) is 0. The Morgan fingerprint density at radius 2 is 1.83 bits per heavy atom. The van der Waals surface area contributed by atoms with Gasteiger partial charge in [0.1, 0.15) is 0 Å². The van der Waals surface area contributed by atoms with E-state index in [2.05, 4.69) is 6.58 Å². The third-order valence-corrected chi connectivity index (χ3v) is 1.83. The minimum Gasteiger partial charge on any atom is -0.399 e. The molecule has 0 aliphatic heterocycles. The molecule has 0 radical (unpaired) electrons. The highest BCUT2D eigenvalue weighted by Crippen LogP contribution is 2.17. The van der Waals surface area contributed by atoms with Gasteiger partial charge in [-0.25, -0.2) is 0 Å². The molecule has 0 aromatic heterocycles. The minimum absolute atomic E-state index is 0.0781. The van der Waals surface area contributed by atoms with Crippen LogP contribution in [0.2, 0.25) is 0 Å². The predicted octanol–water partition coefficient (Wildman–Crippen LogP) is 1.84. The molecule has 0 bridgehead atoms. The van der Waals surface area contributed by atoms with Gasteiger partial charge in [-0.05, 0) is 24.6 Å². The van der Waals surface area contributed by atoms with Gasteiger partial charge in [0, 0.05) is 5.69 Å². The molecule has 0 heterocycles. The first-order chi connectivity index (χ1) is 5.61. The molecule has 1 unspecified atom stereocenters. The lowest BCUT2D eigenvalue weighted by Crippen LogP contribution is -2.10. The summed E-state index contributed by atoms with van der Waals surface area (Å²) < 4.78 is 0. The molecule has 2 heteroatoms. The van der Waals surface area contributed by atoms with Crippen LogP contribution in [0.4, 0.5) is 5.69 Å². The normalized spacial score (nSPS) is 12.5. The van der Waals surface area contributed by atoms with E-state index in [1.165, 1.54) is 0 Å². The molecule has 0 fully saturated rings. The summed E-state index contributed by atoms with van der Waals surface area (Å²) in [4.78, 5) is 0. The zero-order chi connectivity index (χ0) is 9.14. The first-order valence-corrected chi connectivity index (χ1v) is 3.87. The van der Waals surface area contributed by atoms with Crippen molar-refractivity contribution in [3.63, 3.8) is 0 Å². The molecule has 0 aliphatic carbocycles. The third-order valence-electron chi connectivity index (χ3n) is 1.83. The number of rotatable bonds is 2. The molecule has 1 aromatic carbocycles. The van der Waals surface area contributed by atoms with Crippen molar-refractivity contribution in [1.82, 2.24) is 0 Å². The van der Waals surface area contributed by atoms with Crippen molar-refractivity contribution in [3.05, 3.63) is 42.0 Å². The van der Waals surface area contributed by atoms with Crippen LogP contribution in [-0.2, 0) is 0 Å². The molecule has 0 amide bonds. The molecule has 0 saturated heterocycles. The molecule has 1 atom stereocenters. The SMILES string of the molecule is C=C(C)C(N)c1ccc(N)cc1. The second-order valence-corrected chi connectivity index (χ2v) is 2.99. The van der Waals surface area contributed by atoms with E-state index in [0.717, 1.165) is 16.8 Å². The summed E-state index contributed by atoms with van der Waals surface area (Å²) in [7, 11) is 0. The van der Waals surface area contributed by atoms with Gasteiger partial charge in [0.15, 0.2) is 0 Å². The highest BCUT2D eigenvalue weighted by atomic mass is 14.6. The third kappa shape index (κ3) is 1.86. The highest BCUT2D eigenvalue weighted by Gasteiger charge is 2.04. The summed E-state index contributed by atoms with van der Waals surface area (Å²) in [5, 5.41) is 0. The lowest BCUT2D eigenvalue weighted by Gasteiger charge is -2.11. The zero-order valence-electron chi connectivity index (χ0n) is 7.25. The van der Waals surface area contributed by atoms with Crippen LogP contribution >= 0.6 is 0 Å². The molecular weight excluding hydrogens is 148 g/mol. The first kappa shape index (κ1) is 8.81. The van der Waals surface area contributed by atoms with E-state index in [0.29, 0.717) is 0 Å². The van der Waals surface area contributed by atoms with Gasteiger partial charge in [0.25, 0.3) is 0 Å². The molecule has 12 heavy (non-hydrogen) atoms. The Balaban J connectivity index is 2.89. The minimum atomic E-state index is -0.0781. The number of nitrogen functional groups attached to an aromatic ring is 1. The van der Waals surface area contributed by atoms with Crippen molar-refractivity contribution in [3.8, 4) is 0 Å². The zero-order valence-corrected chi connectivity index (χ0v) is 7.25. The Labute approximate surface area is 72.9 Å². The van der Waals surface area contributed by atoms with E-state index in [9.17, 15) is 0 Å². The van der Waals surface area contributed by atoms with Crippen molar-refractivity contribution >= 4 is 5.69 Å². The fourth-order valence-electron chi connectivity index (χ4n) is 0.988. The smallest absolute Gasteiger partial charge is 0.0505 e.